The highest BCUT2D eigenvalue weighted by Gasteiger charge is 2.66. The topological polar surface area (TPSA) is 540 Å². The molecule has 35 nitrogen and oxygen atoms in total. The van der Waals surface area contributed by atoms with Crippen molar-refractivity contribution >= 4 is 31.7 Å². The number of nitrogens with one attached hydrogen (secondary N) is 3. The van der Waals surface area contributed by atoms with Crippen LogP contribution in [0.4, 0.5) is 13.2 Å². The number of aromatic nitrogens is 6. The first kappa shape index (κ1) is 60.4. The summed E-state index contributed by atoms with van der Waals surface area (Å²) in [6, 6.07) is 2.70. The van der Waals surface area contributed by atoms with Gasteiger partial charge in [-0.15, -0.1) is 4.89 Å². The van der Waals surface area contributed by atoms with E-state index < -0.39 is 157 Å². The van der Waals surface area contributed by atoms with Gasteiger partial charge in [0.25, 0.3) is 34.2 Å². The van der Waals surface area contributed by atoms with Crippen LogP contribution >= 0.6 is 31.7 Å². The first-order valence-electron chi connectivity index (χ1n) is 19.0. The van der Waals surface area contributed by atoms with Crippen molar-refractivity contribution in [3.8, 4) is 0 Å². The van der Waals surface area contributed by atoms with E-state index in [2.05, 4.69) is 17.7 Å². The molecule has 3 fully saturated rings. The summed E-state index contributed by atoms with van der Waals surface area (Å²) in [5.41, 5.74) is -12.5. The summed E-state index contributed by atoms with van der Waals surface area (Å²) in [6.07, 6.45) is -9.50. The second-order valence-electron chi connectivity index (χ2n) is 15.7. The summed E-state index contributed by atoms with van der Waals surface area (Å²) in [6.45, 7) is -1.46. The molecule has 42 heteroatoms. The zero-order valence-electron chi connectivity index (χ0n) is 36.1. The maximum Gasteiger partial charge on any atom is 0.705 e. The van der Waals surface area contributed by atoms with Gasteiger partial charge in [-0.3, -0.25) is 57.0 Å². The Kier molecular flexibility index (Phi) is 17.8. The van der Waals surface area contributed by atoms with E-state index in [0.29, 0.717) is 9.13 Å². The maximum absolute atomic E-state index is 15.0. The normalized spacial score (nSPS) is 35.3. The van der Waals surface area contributed by atoms with Gasteiger partial charge in [-0.25, -0.2) is 41.3 Å². The summed E-state index contributed by atoms with van der Waals surface area (Å²) in [5, 5.41) is 69.1. The van der Waals surface area contributed by atoms with E-state index in [-0.39, 0.29) is 0 Å². The standard InChI is InChI=1S/C10H14FN2O14P3.C10H14FN2O9P.C10H13FN2O6/c1-9(17)6(15)10(11,25-7(9)13-3-2-5(14)12-8(13)16)4-24-29(20,21)27-30(22,23)26-28(18)19;1-9(17)6(15)10(11,4-21-23(18,19)20)22-7(9)13-3-2-5(14)12-8(13)16;1-9(18)6(16)10(11,4-14)19-7(9)13-3-2-5(15)12-8(13)17/h2-3,6-7,15,17H,4H2,1H3,(H3-,12,14,16,18,19,20,21,22,23);2-3,6-7,15,17H,4H2,1H3,(H,12,14,16)(H2,18,19,20);2-3,6-7,14,16,18H,4H2,1H3,(H,12,15,17)/p+1/t3*6-,7+,9+,10+/m000/s1. The van der Waals surface area contributed by atoms with Crippen molar-refractivity contribution in [2.75, 3.05) is 19.8 Å². The first-order valence-corrected chi connectivity index (χ1v) is 24.7. The molecule has 6 rings (SSSR count). The number of aliphatic hydroxyl groups is 7. The highest BCUT2D eigenvalue weighted by Crippen LogP contribution is 2.64. The Bertz CT molecular complexity index is 3010. The van der Waals surface area contributed by atoms with E-state index in [1.165, 1.54) is 0 Å². The van der Waals surface area contributed by atoms with E-state index in [4.69, 9.17) is 38.9 Å². The van der Waals surface area contributed by atoms with Gasteiger partial charge in [0.2, 0.25) is 0 Å². The number of alkyl halides is 3. The van der Waals surface area contributed by atoms with Crippen molar-refractivity contribution in [1.29, 1.82) is 0 Å². The number of phosphoric ester groups is 2. The van der Waals surface area contributed by atoms with Gasteiger partial charge in [-0.2, -0.15) is 4.31 Å². The Morgan fingerprint density at radius 2 is 0.917 bits per heavy atom. The summed E-state index contributed by atoms with van der Waals surface area (Å²) >= 11 is 0. The fourth-order valence-electron chi connectivity index (χ4n) is 6.62. The van der Waals surface area contributed by atoms with Gasteiger partial charge in [-0.05, 0) is 25.1 Å². The third-order valence-corrected chi connectivity index (χ3v) is 14.0. The molecule has 72 heavy (non-hydrogen) atoms. The number of rotatable bonds is 14. The SMILES string of the molecule is C[C@]1(O)[C@H](n2ccc(=O)[nH]c2=O)O[C@](F)(CO)[C@H]1O.C[C@]1(O)[C@H](n2ccc(=O)[nH]c2=O)O[C@](F)(COP(=O)(O)O)[C@H]1O.C[C@]1(O)[C@H](n2ccc(=O)[nH]c2=O)O[C@](F)(COP(=O)(O)OP(=O)(O)O[P+](=O)O)[C@H]1O. The molecule has 0 bridgehead atoms. The average molecular weight is 1130 g/mol. The van der Waals surface area contributed by atoms with Gasteiger partial charge < -0.3 is 64.6 Å². The molecule has 15 N–H and O–H groups in total. The van der Waals surface area contributed by atoms with Crippen molar-refractivity contribution in [3.63, 3.8) is 0 Å². The molecule has 0 saturated carbocycles. The zero-order chi connectivity index (χ0) is 55.2. The van der Waals surface area contributed by atoms with Crippen molar-refractivity contribution in [2.45, 2.75) is 92.1 Å². The lowest BCUT2D eigenvalue weighted by atomic mass is 9.95. The molecule has 0 radical (unpaired) electrons. The molecular formula is C30H42F3N6O29P4+. The van der Waals surface area contributed by atoms with Gasteiger partial charge in [0, 0.05) is 41.4 Å². The highest BCUT2D eigenvalue weighted by atomic mass is 31.3. The number of nitrogens with zero attached hydrogens (tertiary/aromatic N) is 3. The molecule has 3 aliphatic rings. The lowest BCUT2D eigenvalue weighted by molar-refractivity contribution is -0.207. The van der Waals surface area contributed by atoms with Gasteiger partial charge >= 0.3 is 48.8 Å². The Labute approximate surface area is 394 Å². The Morgan fingerprint density at radius 3 is 1.19 bits per heavy atom. The van der Waals surface area contributed by atoms with Gasteiger partial charge in [-0.1, -0.05) is 0 Å². The molecule has 406 valence electrons. The lowest BCUT2D eigenvalue weighted by Gasteiger charge is -2.27. The van der Waals surface area contributed by atoms with Gasteiger partial charge in [0.15, 0.2) is 18.7 Å². The van der Waals surface area contributed by atoms with Crippen LogP contribution in [-0.4, -0.2) is 161 Å². The minimum atomic E-state index is -5.65. The van der Waals surface area contributed by atoms with Gasteiger partial charge in [0.05, 0.1) is 0 Å². The number of hydrogen-bond acceptors (Lipinski definition) is 24. The van der Waals surface area contributed by atoms with Crippen molar-refractivity contribution < 1.29 is 124 Å². The summed E-state index contributed by atoms with van der Waals surface area (Å²) < 4.78 is 119. The smallest absolute Gasteiger partial charge is 0.390 e. The van der Waals surface area contributed by atoms with Crippen molar-refractivity contribution in [2.24, 2.45) is 0 Å². The third-order valence-electron chi connectivity index (χ3n) is 10.1. The Morgan fingerprint density at radius 1 is 0.611 bits per heavy atom. The molecule has 0 spiro atoms. The van der Waals surface area contributed by atoms with Crippen LogP contribution in [0.5, 0.6) is 0 Å². The second-order valence-corrected chi connectivity index (χ2v) is 20.9. The first-order chi connectivity index (χ1) is 32.6. The van der Waals surface area contributed by atoms with Crippen LogP contribution in [0.1, 0.15) is 39.5 Å². The van der Waals surface area contributed by atoms with Crippen LogP contribution in [-0.2, 0) is 50.1 Å². The molecule has 0 aromatic carbocycles. The molecule has 3 aromatic rings. The minimum absolute atomic E-state index is 0.508. The van der Waals surface area contributed by atoms with Crippen LogP contribution < -0.4 is 33.7 Å². The third kappa shape index (κ3) is 13.4. The predicted octanol–water partition coefficient (Wildman–Crippen LogP) is -5.47. The van der Waals surface area contributed by atoms with E-state index >= 15 is 4.39 Å². The second kappa shape index (κ2) is 21.2. The molecule has 0 aliphatic carbocycles. The molecule has 3 unspecified atom stereocenters. The van der Waals surface area contributed by atoms with Crippen LogP contribution in [0.3, 0.4) is 0 Å². The number of phosphoric acid groups is 3. The Balaban J connectivity index is 0.000000241. The monoisotopic (exact) mass is 1130 g/mol. The molecule has 0 amide bonds. The van der Waals surface area contributed by atoms with Gasteiger partial charge in [0.1, 0.15) is 54.9 Å². The number of H-pyrrole nitrogens is 3. The van der Waals surface area contributed by atoms with E-state index in [1.807, 2.05) is 9.97 Å². The molecule has 3 aliphatic heterocycles. The molecular weight excluding hydrogens is 1090 g/mol. The maximum atomic E-state index is 15.0. The average Bonchev–Trinajstić information content (AvgIpc) is 3.62. The largest absolute Gasteiger partial charge is 0.705 e. The van der Waals surface area contributed by atoms with Crippen LogP contribution in [0.25, 0.3) is 0 Å². The molecule has 3 saturated heterocycles. The van der Waals surface area contributed by atoms with Crippen molar-refractivity contribution in [1.82, 2.24) is 28.7 Å². The van der Waals surface area contributed by atoms with Crippen LogP contribution in [0.2, 0.25) is 0 Å². The fraction of sp³-hybridized carbons (Fsp3) is 0.600. The fourth-order valence-corrected chi connectivity index (χ4v) is 9.63. The number of hydrogen-bond donors (Lipinski definition) is 15. The highest BCUT2D eigenvalue weighted by molar-refractivity contribution is 7.64. The van der Waals surface area contributed by atoms with E-state index in [1.54, 1.807) is 4.98 Å². The summed E-state index contributed by atoms with van der Waals surface area (Å²) in [4.78, 5) is 118. The number of aromatic amines is 3. The lowest BCUT2D eigenvalue weighted by Crippen LogP contribution is -2.50. The number of aliphatic hydroxyl groups excluding tert-OH is 4. The molecule has 15 atom stereocenters. The quantitative estimate of drug-likeness (QED) is 0.0670. The predicted molar refractivity (Wildman–Crippen MR) is 218 cm³/mol. The molecule has 6 heterocycles. The van der Waals surface area contributed by atoms with Crippen LogP contribution in [0, 0.1) is 0 Å². The Hall–Kier alpha value is -4.14. The summed E-state index contributed by atoms with van der Waals surface area (Å²) in [5.74, 6) is -9.58. The number of ether oxygens (including phenoxy) is 3. The summed E-state index contributed by atoms with van der Waals surface area (Å²) in [7, 11) is -20.0. The number of halogens is 3. The molecule has 3 aromatic heterocycles. The zero-order valence-corrected chi connectivity index (χ0v) is 39.7. The minimum Gasteiger partial charge on any atom is -0.390 e. The van der Waals surface area contributed by atoms with E-state index in [9.17, 15) is 91.3 Å². The van der Waals surface area contributed by atoms with Crippen molar-refractivity contribution in [3.05, 3.63) is 99.3 Å². The van der Waals surface area contributed by atoms with Crippen LogP contribution in [0.15, 0.2) is 65.6 Å². The van der Waals surface area contributed by atoms with E-state index in [0.717, 1.165) is 62.1 Å².